The molecule has 364 valence electrons. The van der Waals surface area contributed by atoms with Gasteiger partial charge in [0.2, 0.25) is 20.0 Å². The third-order valence-electron chi connectivity index (χ3n) is 12.3. The number of hydrogen-bond acceptors (Lipinski definition) is 10. The summed E-state index contributed by atoms with van der Waals surface area (Å²) in [5.74, 6) is -5.36. The number of esters is 2. The molecule has 18 heteroatoms. The van der Waals surface area contributed by atoms with Gasteiger partial charge < -0.3 is 19.7 Å². The van der Waals surface area contributed by atoms with Gasteiger partial charge in [0.1, 0.15) is 24.2 Å². The van der Waals surface area contributed by atoms with Gasteiger partial charge in [-0.1, -0.05) is 132 Å². The number of rotatable bonds is 18. The lowest BCUT2D eigenvalue weighted by Gasteiger charge is -2.30. The fourth-order valence-corrected chi connectivity index (χ4v) is 12.3. The Morgan fingerprint density at radius 3 is 1.26 bits per heavy atom. The molecule has 14 nitrogen and oxygen atoms in total. The van der Waals surface area contributed by atoms with E-state index in [1.54, 1.807) is 105 Å². The van der Waals surface area contributed by atoms with Crippen molar-refractivity contribution in [3.63, 3.8) is 0 Å². The van der Waals surface area contributed by atoms with Crippen molar-refractivity contribution >= 4 is 67.1 Å². The zero-order valence-electron chi connectivity index (χ0n) is 37.9. The Balaban J connectivity index is 0.000000208. The zero-order chi connectivity index (χ0) is 50.4. The molecule has 2 saturated carbocycles. The largest absolute Gasteiger partial charge is 0.480 e. The van der Waals surface area contributed by atoms with E-state index in [0.717, 1.165) is 32.1 Å². The summed E-state index contributed by atoms with van der Waals surface area (Å²) in [6.07, 6.45) is 0.180. The van der Waals surface area contributed by atoms with Crippen LogP contribution in [0.15, 0.2) is 168 Å². The van der Waals surface area contributed by atoms with Crippen LogP contribution in [-0.2, 0) is 48.7 Å². The number of sulfonamides is 2. The molecule has 2 fully saturated rings. The highest BCUT2D eigenvalue weighted by atomic mass is 35.5. The first-order chi connectivity index (χ1) is 33.4. The van der Waals surface area contributed by atoms with Gasteiger partial charge in [0.15, 0.2) is 0 Å². The maximum absolute atomic E-state index is 14.0. The van der Waals surface area contributed by atoms with Crippen LogP contribution in [-0.4, -0.2) is 96.9 Å². The molecule has 0 amide bonds. The molecule has 2 aliphatic rings. The Bertz CT molecular complexity index is 3070. The minimum absolute atomic E-state index is 0.0122. The van der Waals surface area contributed by atoms with Crippen LogP contribution in [0.2, 0.25) is 10.0 Å². The van der Waals surface area contributed by atoms with E-state index in [0.29, 0.717) is 19.9 Å². The topological polar surface area (TPSA) is 202 Å². The summed E-state index contributed by atoms with van der Waals surface area (Å²) in [4.78, 5) is 49.6. The number of benzene rings is 6. The number of carboxylic acids is 2. The summed E-state index contributed by atoms with van der Waals surface area (Å²) in [6.45, 7) is 1.87. The van der Waals surface area contributed by atoms with E-state index in [-0.39, 0.29) is 35.8 Å². The van der Waals surface area contributed by atoms with E-state index in [9.17, 15) is 46.2 Å². The maximum atomic E-state index is 14.0. The molecule has 2 N–H and O–H groups in total. The minimum Gasteiger partial charge on any atom is -0.480 e. The molecule has 0 bridgehead atoms. The maximum Gasteiger partial charge on any atom is 0.328 e. The molecule has 6 aromatic rings. The average Bonchev–Trinajstić information content (AvgIpc) is 4.29. The van der Waals surface area contributed by atoms with E-state index < -0.39 is 79.9 Å². The highest BCUT2D eigenvalue weighted by molar-refractivity contribution is 7.89. The van der Waals surface area contributed by atoms with Crippen molar-refractivity contribution in [1.82, 2.24) is 8.61 Å². The molecule has 0 aromatic heterocycles. The molecule has 8 rings (SSSR count). The first-order valence-electron chi connectivity index (χ1n) is 22.1. The van der Waals surface area contributed by atoms with Crippen molar-refractivity contribution in [3.05, 3.63) is 179 Å². The fourth-order valence-electron chi connectivity index (χ4n) is 8.65. The van der Waals surface area contributed by atoms with E-state index in [1.807, 2.05) is 42.5 Å². The number of halogens is 2. The summed E-state index contributed by atoms with van der Waals surface area (Å²) in [5.41, 5.74) is 1.22. The lowest BCUT2D eigenvalue weighted by molar-refractivity contribution is -0.152. The Kier molecular flexibility index (Phi) is 15.7. The van der Waals surface area contributed by atoms with Crippen LogP contribution in [0.4, 0.5) is 0 Å². The summed E-state index contributed by atoms with van der Waals surface area (Å²) in [5, 5.41) is 20.6. The first-order valence-corrected chi connectivity index (χ1v) is 25.7. The van der Waals surface area contributed by atoms with Gasteiger partial charge in [-0.25, -0.2) is 21.6 Å². The summed E-state index contributed by atoms with van der Waals surface area (Å²) in [6, 6.07) is 44.1. The Hall–Kier alpha value is -6.40. The second-order valence-corrected chi connectivity index (χ2v) is 21.1. The van der Waals surface area contributed by atoms with Gasteiger partial charge >= 0.3 is 23.9 Å². The molecule has 2 aliphatic carbocycles. The molecule has 0 aliphatic heterocycles. The van der Waals surface area contributed by atoms with Crippen LogP contribution in [0.3, 0.4) is 0 Å². The standard InChI is InChI=1S/C28H28ClNO6S.C24H20ClNO6S/c1-3-35-26(31)19-30(28(27(32)36-4-2)18-25(28)22-8-6-5-7-9-22)37(33,34)24-16-12-21(13-17-24)20-10-14-23(29)15-11-20;25-19-10-6-16(7-11-19)17-8-12-20(13-9-17)33(31,32)26(15-22(27)28)24(23(29)30)14-21(24)18-4-2-1-3-5-18/h5-17,25H,3-4,18-19H2,1-2H3;1-13,21H,14-15H2,(H,27,28)(H,29,30)/t25-,28+;21-,24+/m11/s1. The number of aliphatic carboxylic acids is 2. The van der Waals surface area contributed by atoms with E-state index in [2.05, 4.69) is 0 Å². The molecule has 6 aromatic carbocycles. The van der Waals surface area contributed by atoms with Gasteiger partial charge in [-0.05, 0) is 109 Å². The van der Waals surface area contributed by atoms with Gasteiger partial charge in [0.25, 0.3) is 0 Å². The van der Waals surface area contributed by atoms with E-state index in [4.69, 9.17) is 32.7 Å². The van der Waals surface area contributed by atoms with Crippen LogP contribution < -0.4 is 0 Å². The Morgan fingerprint density at radius 1 is 0.529 bits per heavy atom. The number of carbonyl (C=O) groups is 4. The van der Waals surface area contributed by atoms with Gasteiger partial charge in [-0.3, -0.25) is 14.4 Å². The Labute approximate surface area is 416 Å². The lowest BCUT2D eigenvalue weighted by Crippen LogP contribution is -2.51. The van der Waals surface area contributed by atoms with Crippen molar-refractivity contribution < 1.29 is 55.7 Å². The van der Waals surface area contributed by atoms with Crippen molar-refractivity contribution in [2.24, 2.45) is 0 Å². The molecule has 0 spiro atoms. The van der Waals surface area contributed by atoms with E-state index >= 15 is 0 Å². The first kappa shape index (κ1) is 51.5. The quantitative estimate of drug-likeness (QED) is 0.0775. The van der Waals surface area contributed by atoms with Crippen molar-refractivity contribution in [1.29, 1.82) is 0 Å². The highest BCUT2D eigenvalue weighted by Gasteiger charge is 2.70. The third kappa shape index (κ3) is 10.7. The molecule has 0 radical (unpaired) electrons. The van der Waals surface area contributed by atoms with Crippen molar-refractivity contribution in [2.45, 2.75) is 59.4 Å². The highest BCUT2D eigenvalue weighted by Crippen LogP contribution is 2.58. The monoisotopic (exact) mass is 1030 g/mol. The van der Waals surface area contributed by atoms with Crippen LogP contribution in [0.5, 0.6) is 0 Å². The predicted octanol–water partition coefficient (Wildman–Crippen LogP) is 9.14. The fraction of sp³-hybridized carbons (Fsp3) is 0.231. The zero-order valence-corrected chi connectivity index (χ0v) is 41.0. The summed E-state index contributed by atoms with van der Waals surface area (Å²) < 4.78 is 67.1. The number of nitrogens with zero attached hydrogens (tertiary/aromatic N) is 2. The number of carboxylic acid groups (broad SMARTS) is 2. The van der Waals surface area contributed by atoms with E-state index in [1.165, 1.54) is 24.3 Å². The van der Waals surface area contributed by atoms with Gasteiger partial charge in [0.05, 0.1) is 23.0 Å². The summed E-state index contributed by atoms with van der Waals surface area (Å²) >= 11 is 11.9. The van der Waals surface area contributed by atoms with Crippen LogP contribution >= 0.6 is 23.2 Å². The second-order valence-electron chi connectivity index (χ2n) is 16.5. The summed E-state index contributed by atoms with van der Waals surface area (Å²) in [7, 11) is -8.74. The SMILES string of the molecule is CCOC(=O)CN([C@@]1(C(=O)OCC)C[C@@H]1c1ccccc1)S(=O)(=O)c1ccc(-c2ccc(Cl)cc2)cc1.O=C(O)CN([C@@]1(C(=O)O)C[C@@H]1c1ccccc1)S(=O)(=O)c1ccc(-c2ccc(Cl)cc2)cc1. The average molecular weight is 1030 g/mol. The van der Waals surface area contributed by atoms with Gasteiger partial charge in [-0.2, -0.15) is 8.61 Å². The number of hydrogen-bond donors (Lipinski definition) is 2. The normalized spacial score (nSPS) is 19.3. The number of ether oxygens (including phenoxy) is 2. The lowest BCUT2D eigenvalue weighted by atomic mass is 10.1. The van der Waals surface area contributed by atoms with Crippen molar-refractivity contribution in [2.75, 3.05) is 26.3 Å². The van der Waals surface area contributed by atoms with Crippen LogP contribution in [0, 0.1) is 0 Å². The molecule has 4 atom stereocenters. The van der Waals surface area contributed by atoms with Gasteiger partial charge in [0, 0.05) is 21.9 Å². The number of carbonyl (C=O) groups excluding carboxylic acids is 2. The molecule has 0 heterocycles. The van der Waals surface area contributed by atoms with Gasteiger partial charge in [-0.15, -0.1) is 0 Å². The van der Waals surface area contributed by atoms with Crippen LogP contribution in [0.1, 0.15) is 49.7 Å². The third-order valence-corrected chi connectivity index (χ3v) is 16.6. The minimum atomic E-state index is -4.43. The molecule has 0 saturated heterocycles. The molecular formula is C52H48Cl2N2O12S2. The second kappa shape index (κ2) is 21.3. The molecule has 70 heavy (non-hydrogen) atoms. The predicted molar refractivity (Wildman–Crippen MR) is 263 cm³/mol. The smallest absolute Gasteiger partial charge is 0.328 e. The van der Waals surface area contributed by atoms with Crippen LogP contribution in [0.25, 0.3) is 22.3 Å². The molecular weight excluding hydrogens is 980 g/mol. The molecule has 0 unspecified atom stereocenters. The Morgan fingerprint density at radius 2 is 0.886 bits per heavy atom. The van der Waals surface area contributed by atoms with Crippen molar-refractivity contribution in [3.8, 4) is 22.3 Å².